The third-order valence-electron chi connectivity index (χ3n) is 3.44. The van der Waals surface area contributed by atoms with Gasteiger partial charge in [0.25, 0.3) is 0 Å². The highest BCUT2D eigenvalue weighted by Crippen LogP contribution is 2.34. The van der Waals surface area contributed by atoms with Crippen LogP contribution in [-0.4, -0.2) is 9.79 Å². The third-order valence-corrected chi connectivity index (χ3v) is 4.41. The highest BCUT2D eigenvalue weighted by molar-refractivity contribution is 7.60. The minimum Gasteiger partial charge on any atom is -0.321 e. The second kappa shape index (κ2) is 6.89. The molecule has 3 aromatic carbocycles. The largest absolute Gasteiger partial charge is 0.356 e. The van der Waals surface area contributed by atoms with Crippen molar-refractivity contribution in [1.29, 1.82) is 0 Å². The Labute approximate surface area is 139 Å². The topological polar surface area (TPSA) is 82.2 Å². The van der Waals surface area contributed by atoms with Crippen molar-refractivity contribution in [3.8, 4) is 11.1 Å². The minimum atomic E-state index is -4.20. The molecule has 3 rings (SSSR count). The zero-order valence-electron chi connectivity index (χ0n) is 12.6. The predicted molar refractivity (Wildman–Crippen MR) is 94.2 cm³/mol. The summed E-state index contributed by atoms with van der Waals surface area (Å²) >= 11 is 0. The Kier molecular flexibility index (Phi) is 4.67. The van der Waals surface area contributed by atoms with Crippen LogP contribution >= 0.6 is 7.60 Å². The number of hydrogen-bond acceptors (Lipinski definition) is 3. The van der Waals surface area contributed by atoms with E-state index in [1.165, 1.54) is 12.1 Å². The zero-order chi connectivity index (χ0) is 17.0. The molecule has 120 valence electrons. The van der Waals surface area contributed by atoms with Crippen molar-refractivity contribution in [2.24, 2.45) is 10.2 Å². The van der Waals surface area contributed by atoms with Crippen molar-refractivity contribution in [2.75, 3.05) is 0 Å². The summed E-state index contributed by atoms with van der Waals surface area (Å²) in [7, 11) is -4.20. The normalized spacial score (nSPS) is 11.8. The molecule has 0 radical (unpaired) electrons. The SMILES string of the molecule is O=P(O)(O)c1ccc(-c2ccc(/N=N/c3ccccc3)cc2)cc1. The predicted octanol–water partition coefficient (Wildman–Crippen LogP) is 4.57. The Balaban J connectivity index is 1.77. The van der Waals surface area contributed by atoms with E-state index in [1.54, 1.807) is 12.1 Å². The monoisotopic (exact) mass is 338 g/mol. The molecule has 0 aliphatic rings. The van der Waals surface area contributed by atoms with Crippen molar-refractivity contribution < 1.29 is 14.4 Å². The minimum absolute atomic E-state index is 0.0135. The average Bonchev–Trinajstić information content (AvgIpc) is 2.61. The number of benzene rings is 3. The fourth-order valence-electron chi connectivity index (χ4n) is 2.18. The quantitative estimate of drug-likeness (QED) is 0.540. The molecular formula is C18H15N2O3P. The molecule has 6 heteroatoms. The van der Waals surface area contributed by atoms with Crippen LogP contribution in [0.3, 0.4) is 0 Å². The lowest BCUT2D eigenvalue weighted by atomic mass is 10.1. The summed E-state index contributed by atoms with van der Waals surface area (Å²) in [5, 5.41) is 8.35. The van der Waals surface area contributed by atoms with E-state index in [1.807, 2.05) is 54.6 Å². The number of rotatable bonds is 4. The van der Waals surface area contributed by atoms with Gasteiger partial charge in [0.15, 0.2) is 0 Å². The lowest BCUT2D eigenvalue weighted by Crippen LogP contribution is -2.02. The molecule has 5 nitrogen and oxygen atoms in total. The first-order chi connectivity index (χ1) is 11.5. The molecule has 0 fully saturated rings. The molecule has 0 heterocycles. The summed E-state index contributed by atoms with van der Waals surface area (Å²) in [4.78, 5) is 18.3. The zero-order valence-corrected chi connectivity index (χ0v) is 13.5. The van der Waals surface area contributed by atoms with Crippen molar-refractivity contribution in [2.45, 2.75) is 0 Å². The molecular weight excluding hydrogens is 323 g/mol. The van der Waals surface area contributed by atoms with Crippen molar-refractivity contribution in [3.05, 3.63) is 78.9 Å². The molecule has 0 saturated carbocycles. The van der Waals surface area contributed by atoms with Crippen LogP contribution in [0.15, 0.2) is 89.1 Å². The van der Waals surface area contributed by atoms with Crippen molar-refractivity contribution in [1.82, 2.24) is 0 Å². The highest BCUT2D eigenvalue weighted by Gasteiger charge is 2.16. The van der Waals surface area contributed by atoms with Gasteiger partial charge in [0.05, 0.1) is 16.7 Å². The van der Waals surface area contributed by atoms with E-state index in [-0.39, 0.29) is 5.30 Å². The summed E-state index contributed by atoms with van der Waals surface area (Å²) < 4.78 is 11.2. The molecule has 0 aromatic heterocycles. The van der Waals surface area contributed by atoms with Crippen LogP contribution in [0.1, 0.15) is 0 Å². The number of nitrogens with zero attached hydrogens (tertiary/aromatic N) is 2. The Morgan fingerprint density at radius 3 is 1.58 bits per heavy atom. The van der Waals surface area contributed by atoms with Crippen LogP contribution in [0.2, 0.25) is 0 Å². The first-order valence-corrected chi connectivity index (χ1v) is 8.87. The van der Waals surface area contributed by atoms with E-state index in [9.17, 15) is 4.57 Å². The molecule has 0 spiro atoms. The van der Waals surface area contributed by atoms with E-state index in [0.29, 0.717) is 0 Å². The Bertz CT molecular complexity index is 886. The Hall–Kier alpha value is -2.59. The van der Waals surface area contributed by atoms with Gasteiger partial charge in [-0.25, -0.2) is 0 Å². The second-order valence-electron chi connectivity index (χ2n) is 5.17. The standard InChI is InChI=1S/C18H15N2O3P/c21-24(22,23)18-12-8-15(9-13-18)14-6-10-17(11-7-14)20-19-16-4-2-1-3-5-16/h1-13H,(H2,21,22,23)/b20-19+. The summed E-state index contributed by atoms with van der Waals surface area (Å²) in [6, 6.07) is 23.2. The van der Waals surface area contributed by atoms with Gasteiger partial charge in [-0.2, -0.15) is 10.2 Å². The van der Waals surface area contributed by atoms with E-state index in [2.05, 4.69) is 10.2 Å². The molecule has 0 aliphatic heterocycles. The smallest absolute Gasteiger partial charge is 0.321 e. The van der Waals surface area contributed by atoms with E-state index < -0.39 is 7.60 Å². The van der Waals surface area contributed by atoms with Crippen LogP contribution in [0, 0.1) is 0 Å². The van der Waals surface area contributed by atoms with Crippen molar-refractivity contribution >= 4 is 24.3 Å². The molecule has 0 unspecified atom stereocenters. The number of azo groups is 1. The lowest BCUT2D eigenvalue weighted by Gasteiger charge is -2.06. The van der Waals surface area contributed by atoms with E-state index >= 15 is 0 Å². The summed E-state index contributed by atoms with van der Waals surface area (Å²) in [6.45, 7) is 0. The molecule has 0 bridgehead atoms. The van der Waals surface area contributed by atoms with Gasteiger partial charge in [-0.3, -0.25) is 4.57 Å². The molecule has 3 aromatic rings. The van der Waals surface area contributed by atoms with Gasteiger partial charge in [0.1, 0.15) is 0 Å². The highest BCUT2D eigenvalue weighted by atomic mass is 31.2. The Morgan fingerprint density at radius 2 is 1.08 bits per heavy atom. The Morgan fingerprint density at radius 1 is 0.625 bits per heavy atom. The van der Waals surface area contributed by atoms with Crippen LogP contribution in [0.25, 0.3) is 11.1 Å². The summed E-state index contributed by atoms with van der Waals surface area (Å²) in [6.07, 6.45) is 0. The van der Waals surface area contributed by atoms with E-state index in [0.717, 1.165) is 22.5 Å². The molecule has 0 atom stereocenters. The van der Waals surface area contributed by atoms with Crippen molar-refractivity contribution in [3.63, 3.8) is 0 Å². The van der Waals surface area contributed by atoms with E-state index in [4.69, 9.17) is 9.79 Å². The maximum atomic E-state index is 11.2. The molecule has 0 amide bonds. The first-order valence-electron chi connectivity index (χ1n) is 7.26. The fourth-order valence-corrected chi connectivity index (χ4v) is 2.72. The second-order valence-corrected chi connectivity index (χ2v) is 6.78. The summed E-state index contributed by atoms with van der Waals surface area (Å²) in [5.41, 5.74) is 3.33. The van der Waals surface area contributed by atoms with Gasteiger partial charge >= 0.3 is 7.60 Å². The van der Waals surface area contributed by atoms with Gasteiger partial charge in [-0.1, -0.05) is 42.5 Å². The molecule has 2 N–H and O–H groups in total. The van der Waals surface area contributed by atoms with Crippen LogP contribution < -0.4 is 5.30 Å². The van der Waals surface area contributed by atoms with Crippen LogP contribution in [0.4, 0.5) is 11.4 Å². The third kappa shape index (κ3) is 4.03. The maximum Gasteiger partial charge on any atom is 0.356 e. The molecule has 0 saturated heterocycles. The van der Waals surface area contributed by atoms with Crippen LogP contribution in [-0.2, 0) is 4.57 Å². The van der Waals surface area contributed by atoms with Gasteiger partial charge in [-0.15, -0.1) is 0 Å². The van der Waals surface area contributed by atoms with Crippen LogP contribution in [0.5, 0.6) is 0 Å². The lowest BCUT2D eigenvalue weighted by molar-refractivity contribution is 0.387. The molecule has 24 heavy (non-hydrogen) atoms. The molecule has 0 aliphatic carbocycles. The van der Waals surface area contributed by atoms with Gasteiger partial charge in [0, 0.05) is 0 Å². The average molecular weight is 338 g/mol. The summed E-state index contributed by atoms with van der Waals surface area (Å²) in [5.74, 6) is 0. The first kappa shape index (κ1) is 16.3. The van der Waals surface area contributed by atoms with Gasteiger partial charge in [0.2, 0.25) is 0 Å². The number of hydrogen-bond donors (Lipinski definition) is 2. The fraction of sp³-hybridized carbons (Fsp3) is 0. The van der Waals surface area contributed by atoms with Gasteiger partial charge < -0.3 is 9.79 Å². The maximum absolute atomic E-state index is 11.2. The van der Waals surface area contributed by atoms with Gasteiger partial charge in [-0.05, 0) is 47.5 Å².